The van der Waals surface area contributed by atoms with Crippen LogP contribution in [-0.2, 0) is 14.3 Å². The molecule has 0 radical (unpaired) electrons. The molecule has 6 nitrogen and oxygen atoms in total. The number of hydrogen-bond acceptors (Lipinski definition) is 6. The zero-order valence-electron chi connectivity index (χ0n) is 14.9. The van der Waals surface area contributed by atoms with E-state index in [0.29, 0.717) is 16.9 Å². The second-order valence-corrected chi connectivity index (χ2v) is 6.29. The highest BCUT2D eigenvalue weighted by molar-refractivity contribution is 5.96. The first-order valence-electron chi connectivity index (χ1n) is 8.46. The molecule has 3 rings (SSSR count). The quantitative estimate of drug-likeness (QED) is 0.623. The minimum absolute atomic E-state index is 0.160. The third-order valence-electron chi connectivity index (χ3n) is 4.30. The van der Waals surface area contributed by atoms with Gasteiger partial charge in [0.1, 0.15) is 12.4 Å². The summed E-state index contributed by atoms with van der Waals surface area (Å²) < 4.78 is 15.7. The lowest BCUT2D eigenvalue weighted by atomic mass is 9.98. The number of benzene rings is 2. The van der Waals surface area contributed by atoms with Crippen LogP contribution in [0.3, 0.4) is 0 Å². The normalized spacial score (nSPS) is 20.4. The Bertz CT molecular complexity index is 841. The number of methoxy groups -OCH3 is 1. The number of rotatable bonds is 6. The Labute approximate surface area is 157 Å². The van der Waals surface area contributed by atoms with Crippen LogP contribution in [0.2, 0.25) is 0 Å². The van der Waals surface area contributed by atoms with E-state index in [1.807, 2.05) is 30.3 Å². The summed E-state index contributed by atoms with van der Waals surface area (Å²) in [4.78, 5) is 24.4. The molecule has 1 fully saturated rings. The monoisotopic (exact) mass is 368 g/mol. The van der Waals surface area contributed by atoms with E-state index in [9.17, 15) is 14.7 Å². The predicted molar refractivity (Wildman–Crippen MR) is 98.2 cm³/mol. The lowest BCUT2D eigenvalue weighted by Gasteiger charge is -2.24. The summed E-state index contributed by atoms with van der Waals surface area (Å²) in [5, 5.41) is 9.76. The van der Waals surface area contributed by atoms with Gasteiger partial charge in [-0.2, -0.15) is 0 Å². The van der Waals surface area contributed by atoms with Crippen LogP contribution in [0.25, 0.3) is 6.08 Å². The van der Waals surface area contributed by atoms with Crippen molar-refractivity contribution in [2.45, 2.75) is 12.0 Å². The molecule has 2 aromatic carbocycles. The van der Waals surface area contributed by atoms with Gasteiger partial charge in [-0.3, -0.25) is 0 Å². The SMILES string of the molecule is COc1ccc(C(=O)OCC2(CO)C/C(=C\c3ccccc3)C(=O)O2)cc1. The molecule has 1 atom stereocenters. The van der Waals surface area contributed by atoms with Gasteiger partial charge in [-0.1, -0.05) is 30.3 Å². The molecule has 27 heavy (non-hydrogen) atoms. The van der Waals surface area contributed by atoms with Crippen LogP contribution in [0.5, 0.6) is 5.75 Å². The molecule has 0 aliphatic carbocycles. The number of carbonyl (C=O) groups is 2. The van der Waals surface area contributed by atoms with Crippen molar-refractivity contribution in [2.24, 2.45) is 0 Å². The Morgan fingerprint density at radius 1 is 1.19 bits per heavy atom. The fraction of sp³-hybridized carbons (Fsp3) is 0.238. The molecule has 2 aromatic rings. The van der Waals surface area contributed by atoms with Gasteiger partial charge in [0.25, 0.3) is 0 Å². The lowest BCUT2D eigenvalue weighted by Crippen LogP contribution is -2.39. The van der Waals surface area contributed by atoms with E-state index < -0.39 is 24.1 Å². The van der Waals surface area contributed by atoms with Gasteiger partial charge >= 0.3 is 11.9 Å². The fourth-order valence-corrected chi connectivity index (χ4v) is 2.80. The van der Waals surface area contributed by atoms with E-state index in [1.54, 1.807) is 30.3 Å². The third-order valence-corrected chi connectivity index (χ3v) is 4.30. The average Bonchev–Trinajstić information content (AvgIpc) is 3.03. The number of cyclic esters (lactones) is 1. The first-order valence-corrected chi connectivity index (χ1v) is 8.46. The van der Waals surface area contributed by atoms with Gasteiger partial charge in [-0.15, -0.1) is 0 Å². The van der Waals surface area contributed by atoms with Gasteiger partial charge in [-0.25, -0.2) is 9.59 Å². The van der Waals surface area contributed by atoms with Crippen LogP contribution in [-0.4, -0.2) is 43.0 Å². The van der Waals surface area contributed by atoms with Crippen molar-refractivity contribution < 1.29 is 28.9 Å². The standard InChI is InChI=1S/C21H20O6/c1-25-18-9-7-16(8-10-18)19(23)26-14-21(13-22)12-17(20(24)27-21)11-15-5-3-2-4-6-15/h2-11,22H,12-14H2,1H3/b17-11+. The van der Waals surface area contributed by atoms with Crippen molar-refractivity contribution in [2.75, 3.05) is 20.3 Å². The molecule has 1 heterocycles. The lowest BCUT2D eigenvalue weighted by molar-refractivity contribution is -0.154. The van der Waals surface area contributed by atoms with Gasteiger partial charge in [-0.05, 0) is 35.9 Å². The molecular weight excluding hydrogens is 348 g/mol. The van der Waals surface area contributed by atoms with Crippen LogP contribution >= 0.6 is 0 Å². The number of ether oxygens (including phenoxy) is 3. The molecular formula is C21H20O6. The third kappa shape index (κ3) is 4.35. The first-order chi connectivity index (χ1) is 13.0. The number of hydrogen-bond donors (Lipinski definition) is 1. The number of esters is 2. The van der Waals surface area contributed by atoms with Crippen molar-refractivity contribution in [3.8, 4) is 5.75 Å². The Hall–Kier alpha value is -3.12. The molecule has 1 saturated heterocycles. The molecule has 0 saturated carbocycles. The minimum atomic E-state index is -1.26. The van der Waals surface area contributed by atoms with E-state index in [0.717, 1.165) is 5.56 Å². The average molecular weight is 368 g/mol. The molecule has 140 valence electrons. The first kappa shape index (κ1) is 18.7. The summed E-state index contributed by atoms with van der Waals surface area (Å²) in [5.74, 6) is -0.464. The second kappa shape index (κ2) is 8.05. The van der Waals surface area contributed by atoms with E-state index in [1.165, 1.54) is 7.11 Å². The van der Waals surface area contributed by atoms with Crippen molar-refractivity contribution in [1.82, 2.24) is 0 Å². The maximum Gasteiger partial charge on any atom is 0.338 e. The molecule has 1 unspecified atom stereocenters. The molecule has 1 N–H and O–H groups in total. The molecule has 0 aromatic heterocycles. The van der Waals surface area contributed by atoms with Crippen LogP contribution < -0.4 is 4.74 Å². The Morgan fingerprint density at radius 2 is 1.89 bits per heavy atom. The van der Waals surface area contributed by atoms with E-state index >= 15 is 0 Å². The van der Waals surface area contributed by atoms with Gasteiger partial charge in [0, 0.05) is 12.0 Å². The van der Waals surface area contributed by atoms with Crippen LogP contribution in [0, 0.1) is 0 Å². The van der Waals surface area contributed by atoms with Crippen LogP contribution in [0.4, 0.5) is 0 Å². The molecule has 0 amide bonds. The summed E-state index contributed by atoms with van der Waals surface area (Å²) in [5.41, 5.74) is 0.359. The summed E-state index contributed by atoms with van der Waals surface area (Å²) in [6.45, 7) is -0.674. The largest absolute Gasteiger partial charge is 0.497 e. The van der Waals surface area contributed by atoms with Gasteiger partial charge in [0.2, 0.25) is 0 Å². The van der Waals surface area contributed by atoms with Crippen molar-refractivity contribution in [3.05, 3.63) is 71.3 Å². The van der Waals surface area contributed by atoms with Crippen molar-refractivity contribution >= 4 is 18.0 Å². The maximum atomic E-state index is 12.2. The molecule has 1 aliphatic heterocycles. The fourth-order valence-electron chi connectivity index (χ4n) is 2.80. The van der Waals surface area contributed by atoms with E-state index in [-0.39, 0.29) is 13.0 Å². The highest BCUT2D eigenvalue weighted by Crippen LogP contribution is 2.32. The van der Waals surface area contributed by atoms with Crippen LogP contribution in [0.15, 0.2) is 60.2 Å². The number of aliphatic hydroxyl groups excluding tert-OH is 1. The van der Waals surface area contributed by atoms with Gasteiger partial charge < -0.3 is 19.3 Å². The van der Waals surface area contributed by atoms with Crippen molar-refractivity contribution in [3.63, 3.8) is 0 Å². The summed E-state index contributed by atoms with van der Waals surface area (Å²) >= 11 is 0. The zero-order valence-corrected chi connectivity index (χ0v) is 14.9. The van der Waals surface area contributed by atoms with Gasteiger partial charge in [0.15, 0.2) is 5.60 Å². The van der Waals surface area contributed by atoms with E-state index in [2.05, 4.69) is 0 Å². The molecule has 0 bridgehead atoms. The van der Waals surface area contributed by atoms with Crippen molar-refractivity contribution in [1.29, 1.82) is 0 Å². The Balaban J connectivity index is 1.68. The number of aliphatic hydroxyl groups is 1. The number of carbonyl (C=O) groups excluding carboxylic acids is 2. The minimum Gasteiger partial charge on any atom is -0.497 e. The smallest absolute Gasteiger partial charge is 0.338 e. The predicted octanol–water partition coefficient (Wildman–Crippen LogP) is 2.61. The Kier molecular flexibility index (Phi) is 5.57. The zero-order chi connectivity index (χ0) is 19.3. The highest BCUT2D eigenvalue weighted by atomic mass is 16.6. The maximum absolute atomic E-state index is 12.2. The summed E-state index contributed by atoms with van der Waals surface area (Å²) in [6, 6.07) is 15.8. The molecule has 6 heteroatoms. The van der Waals surface area contributed by atoms with Crippen LogP contribution in [0.1, 0.15) is 22.3 Å². The molecule has 1 aliphatic rings. The topological polar surface area (TPSA) is 82.1 Å². The highest BCUT2D eigenvalue weighted by Gasteiger charge is 2.44. The second-order valence-electron chi connectivity index (χ2n) is 6.29. The summed E-state index contributed by atoms with van der Waals surface area (Å²) in [7, 11) is 1.54. The van der Waals surface area contributed by atoms with E-state index in [4.69, 9.17) is 14.2 Å². The van der Waals surface area contributed by atoms with Gasteiger partial charge in [0.05, 0.1) is 19.3 Å². The molecule has 0 spiro atoms. The Morgan fingerprint density at radius 3 is 2.52 bits per heavy atom. The summed E-state index contributed by atoms with van der Waals surface area (Å²) in [6.07, 6.45) is 1.87.